The Labute approximate surface area is 114 Å². The Balaban J connectivity index is 1.79. The van der Waals surface area contributed by atoms with Crippen LogP contribution >= 0.6 is 0 Å². The summed E-state index contributed by atoms with van der Waals surface area (Å²) in [4.78, 5) is 12.0. The maximum atomic E-state index is 12.0. The Morgan fingerprint density at radius 1 is 1.63 bits per heavy atom. The van der Waals surface area contributed by atoms with E-state index >= 15 is 0 Å². The molecule has 2 rings (SSSR count). The first kappa shape index (κ1) is 14.1. The van der Waals surface area contributed by atoms with Crippen molar-refractivity contribution in [3.8, 4) is 0 Å². The van der Waals surface area contributed by atoms with Gasteiger partial charge < -0.3 is 10.6 Å². The van der Waals surface area contributed by atoms with E-state index in [1.807, 2.05) is 6.07 Å². The third-order valence-corrected chi connectivity index (χ3v) is 3.93. The monoisotopic (exact) mass is 264 g/mol. The van der Waals surface area contributed by atoms with Crippen LogP contribution in [-0.4, -0.2) is 29.2 Å². The molecule has 1 saturated heterocycles. The van der Waals surface area contributed by atoms with Gasteiger partial charge in [0.1, 0.15) is 0 Å². The predicted octanol–water partition coefficient (Wildman–Crippen LogP) is 1.94. The van der Waals surface area contributed by atoms with Crippen molar-refractivity contribution in [1.29, 1.82) is 0 Å². The van der Waals surface area contributed by atoms with Gasteiger partial charge in [-0.1, -0.05) is 13.8 Å². The molecule has 0 aromatic carbocycles. The number of piperidine rings is 1. The van der Waals surface area contributed by atoms with Crippen molar-refractivity contribution in [3.63, 3.8) is 0 Å². The van der Waals surface area contributed by atoms with Crippen molar-refractivity contribution in [3.05, 3.63) is 11.8 Å². The van der Waals surface area contributed by atoms with Gasteiger partial charge in [0.25, 0.3) is 0 Å². The first-order valence-corrected chi connectivity index (χ1v) is 7.24. The molecule has 2 atom stereocenters. The third-order valence-electron chi connectivity index (χ3n) is 3.93. The summed E-state index contributed by atoms with van der Waals surface area (Å²) in [7, 11) is 0. The maximum absolute atomic E-state index is 12.0. The lowest BCUT2D eigenvalue weighted by atomic mass is 9.85. The fourth-order valence-corrected chi connectivity index (χ4v) is 2.62. The minimum Gasteiger partial charge on any atom is -0.316 e. The topological polar surface area (TPSA) is 69.8 Å². The molecule has 1 aliphatic heterocycles. The number of aryl methyl sites for hydroxylation is 1. The van der Waals surface area contributed by atoms with E-state index in [1.54, 1.807) is 0 Å². The van der Waals surface area contributed by atoms with Gasteiger partial charge in [0.05, 0.1) is 0 Å². The van der Waals surface area contributed by atoms with Gasteiger partial charge in [-0.05, 0) is 44.2 Å². The summed E-state index contributed by atoms with van der Waals surface area (Å²) in [6.07, 6.45) is 3.91. The number of H-pyrrole nitrogens is 1. The maximum Gasteiger partial charge on any atom is 0.225 e. The molecule has 1 fully saturated rings. The summed E-state index contributed by atoms with van der Waals surface area (Å²) in [5.41, 5.74) is 1.04. The zero-order valence-electron chi connectivity index (χ0n) is 11.8. The lowest BCUT2D eigenvalue weighted by molar-refractivity contribution is -0.117. The van der Waals surface area contributed by atoms with E-state index in [2.05, 4.69) is 34.7 Å². The molecule has 0 bridgehead atoms. The third kappa shape index (κ3) is 4.06. The Kier molecular flexibility index (Phi) is 4.96. The highest BCUT2D eigenvalue weighted by Gasteiger charge is 2.22. The van der Waals surface area contributed by atoms with Gasteiger partial charge in [0.15, 0.2) is 5.82 Å². The molecule has 1 aromatic rings. The van der Waals surface area contributed by atoms with Crippen molar-refractivity contribution in [2.45, 2.75) is 39.5 Å². The van der Waals surface area contributed by atoms with Crippen LogP contribution in [0.5, 0.6) is 0 Å². The van der Waals surface area contributed by atoms with Gasteiger partial charge in [0, 0.05) is 18.2 Å². The number of rotatable bonds is 5. The predicted molar refractivity (Wildman–Crippen MR) is 76.0 cm³/mol. The second kappa shape index (κ2) is 6.70. The molecule has 19 heavy (non-hydrogen) atoms. The van der Waals surface area contributed by atoms with E-state index in [9.17, 15) is 4.79 Å². The minimum absolute atomic E-state index is 0.0622. The fraction of sp³-hybridized carbons (Fsp3) is 0.714. The Bertz CT molecular complexity index is 409. The van der Waals surface area contributed by atoms with E-state index in [0.29, 0.717) is 24.1 Å². The van der Waals surface area contributed by atoms with E-state index in [0.717, 1.165) is 25.2 Å². The van der Waals surface area contributed by atoms with Gasteiger partial charge in [0.2, 0.25) is 5.91 Å². The molecule has 0 spiro atoms. The first-order chi connectivity index (χ1) is 9.19. The summed E-state index contributed by atoms with van der Waals surface area (Å²) in [6.45, 7) is 6.37. The lowest BCUT2D eigenvalue weighted by Crippen LogP contribution is -2.34. The Morgan fingerprint density at radius 2 is 2.47 bits per heavy atom. The molecule has 1 amide bonds. The molecule has 5 heteroatoms. The summed E-state index contributed by atoms with van der Waals surface area (Å²) in [5.74, 6) is 1.73. The molecular weight excluding hydrogens is 240 g/mol. The van der Waals surface area contributed by atoms with E-state index < -0.39 is 0 Å². The molecule has 2 unspecified atom stereocenters. The molecule has 5 nitrogen and oxygen atoms in total. The average molecular weight is 264 g/mol. The van der Waals surface area contributed by atoms with Gasteiger partial charge in [-0.2, -0.15) is 5.10 Å². The van der Waals surface area contributed by atoms with Crippen LogP contribution in [-0.2, 0) is 11.2 Å². The van der Waals surface area contributed by atoms with E-state index in [1.165, 1.54) is 12.8 Å². The quantitative estimate of drug-likeness (QED) is 0.761. The average Bonchev–Trinajstić information content (AvgIpc) is 2.87. The van der Waals surface area contributed by atoms with Crippen LogP contribution in [0.3, 0.4) is 0 Å². The van der Waals surface area contributed by atoms with Crippen LogP contribution in [0.2, 0.25) is 0 Å². The van der Waals surface area contributed by atoms with Crippen molar-refractivity contribution in [2.24, 2.45) is 11.8 Å². The fourth-order valence-electron chi connectivity index (χ4n) is 2.62. The van der Waals surface area contributed by atoms with E-state index in [4.69, 9.17) is 0 Å². The molecule has 106 valence electrons. The summed E-state index contributed by atoms with van der Waals surface area (Å²) in [6, 6.07) is 1.89. The molecule has 0 saturated carbocycles. The molecular formula is C14H24N4O. The first-order valence-electron chi connectivity index (χ1n) is 7.24. The van der Waals surface area contributed by atoms with Crippen LogP contribution in [0.15, 0.2) is 6.07 Å². The summed E-state index contributed by atoms with van der Waals surface area (Å²) < 4.78 is 0. The molecule has 3 N–H and O–H groups in total. The molecule has 0 radical (unpaired) electrons. The highest BCUT2D eigenvalue weighted by Crippen LogP contribution is 2.22. The number of hydrogen-bond acceptors (Lipinski definition) is 3. The van der Waals surface area contributed by atoms with Crippen molar-refractivity contribution in [1.82, 2.24) is 15.5 Å². The number of aromatic amines is 1. The number of nitrogens with zero attached hydrogens (tertiary/aromatic N) is 1. The Morgan fingerprint density at radius 3 is 3.11 bits per heavy atom. The smallest absolute Gasteiger partial charge is 0.225 e. The lowest BCUT2D eigenvalue weighted by Gasteiger charge is -2.27. The summed E-state index contributed by atoms with van der Waals surface area (Å²) in [5, 5.41) is 13.2. The van der Waals surface area contributed by atoms with Gasteiger partial charge in [-0.15, -0.1) is 0 Å². The van der Waals surface area contributed by atoms with Crippen LogP contribution in [0.4, 0.5) is 5.82 Å². The number of nitrogens with one attached hydrogen (secondary N) is 3. The van der Waals surface area contributed by atoms with Crippen molar-refractivity contribution in [2.75, 3.05) is 18.4 Å². The van der Waals surface area contributed by atoms with Gasteiger partial charge in [-0.25, -0.2) is 0 Å². The second-order valence-electron chi connectivity index (χ2n) is 5.47. The van der Waals surface area contributed by atoms with Gasteiger partial charge >= 0.3 is 0 Å². The highest BCUT2D eigenvalue weighted by molar-refractivity contribution is 5.89. The zero-order valence-corrected chi connectivity index (χ0v) is 11.8. The molecule has 1 aromatic heterocycles. The number of hydrogen-bond donors (Lipinski definition) is 3. The number of carbonyl (C=O) groups excluding carboxylic acids is 1. The number of amides is 1. The zero-order chi connectivity index (χ0) is 13.7. The van der Waals surface area contributed by atoms with Crippen LogP contribution < -0.4 is 10.6 Å². The van der Waals surface area contributed by atoms with Crippen molar-refractivity contribution < 1.29 is 4.79 Å². The van der Waals surface area contributed by atoms with Crippen LogP contribution in [0.25, 0.3) is 0 Å². The normalized spacial score (nSPS) is 21.1. The SMILES string of the molecule is CCc1cc(NC(=O)CC(C)C2CCCNC2)n[nH]1. The number of anilines is 1. The summed E-state index contributed by atoms with van der Waals surface area (Å²) >= 11 is 0. The standard InChI is InChI=1S/C14H24N4O/c1-3-12-8-13(18-17-12)16-14(19)7-10(2)11-5-4-6-15-9-11/h8,10-11,15H,3-7,9H2,1-2H3,(H2,16,17,18,19). The van der Waals surface area contributed by atoms with Crippen molar-refractivity contribution >= 4 is 11.7 Å². The molecule has 0 aliphatic carbocycles. The van der Waals surface area contributed by atoms with E-state index in [-0.39, 0.29) is 5.91 Å². The van der Waals surface area contributed by atoms with Crippen LogP contribution in [0, 0.1) is 11.8 Å². The van der Waals surface area contributed by atoms with Gasteiger partial charge in [-0.3, -0.25) is 9.89 Å². The number of aromatic nitrogens is 2. The minimum atomic E-state index is 0.0622. The molecule has 2 heterocycles. The Hall–Kier alpha value is -1.36. The molecule has 1 aliphatic rings. The van der Waals surface area contributed by atoms with Crippen LogP contribution in [0.1, 0.15) is 38.8 Å². The largest absolute Gasteiger partial charge is 0.316 e. The second-order valence-corrected chi connectivity index (χ2v) is 5.47. The number of carbonyl (C=O) groups is 1. The highest BCUT2D eigenvalue weighted by atomic mass is 16.1.